The predicted octanol–water partition coefficient (Wildman–Crippen LogP) is 5.90. The Hall–Kier alpha value is -3.67. The lowest BCUT2D eigenvalue weighted by Gasteiger charge is -2.14. The second-order valence-corrected chi connectivity index (χ2v) is 7.52. The number of rotatable bonds is 5. The van der Waals surface area contributed by atoms with Gasteiger partial charge in [-0.25, -0.2) is 8.78 Å². The van der Waals surface area contributed by atoms with E-state index in [0.29, 0.717) is 11.1 Å². The van der Waals surface area contributed by atoms with Gasteiger partial charge in [0.05, 0.1) is 22.8 Å². The van der Waals surface area contributed by atoms with E-state index in [2.05, 4.69) is 15.3 Å². The lowest BCUT2D eigenvalue weighted by atomic mass is 9.99. The van der Waals surface area contributed by atoms with Crippen molar-refractivity contribution in [3.8, 4) is 11.1 Å². The number of carbonyl (C=O) groups excluding carboxylic acids is 1. The van der Waals surface area contributed by atoms with Crippen molar-refractivity contribution < 1.29 is 13.6 Å². The lowest BCUT2D eigenvalue weighted by molar-refractivity contribution is 0.0175. The minimum absolute atomic E-state index is 0.0366. The SMILES string of the molecule is CC(NC(=O)c1cnc2c(-c3ccc(C(C)(F)F)cc3)cccc2c1)c1ccccn1. The van der Waals surface area contributed by atoms with Crippen molar-refractivity contribution in [1.29, 1.82) is 0 Å². The first-order valence-corrected chi connectivity index (χ1v) is 9.92. The van der Waals surface area contributed by atoms with Gasteiger partial charge in [0.2, 0.25) is 0 Å². The number of para-hydroxylation sites is 1. The Kier molecular flexibility index (Phi) is 5.46. The summed E-state index contributed by atoms with van der Waals surface area (Å²) in [5.74, 6) is -3.13. The van der Waals surface area contributed by atoms with Crippen LogP contribution in [0.1, 0.15) is 41.5 Å². The van der Waals surface area contributed by atoms with E-state index >= 15 is 0 Å². The van der Waals surface area contributed by atoms with Crippen LogP contribution in [0.5, 0.6) is 0 Å². The molecule has 0 aliphatic rings. The third kappa shape index (κ3) is 4.43. The molecule has 156 valence electrons. The van der Waals surface area contributed by atoms with Gasteiger partial charge in [-0.1, -0.05) is 48.5 Å². The maximum Gasteiger partial charge on any atom is 0.270 e. The minimum Gasteiger partial charge on any atom is -0.344 e. The topological polar surface area (TPSA) is 54.9 Å². The molecule has 0 saturated carbocycles. The summed E-state index contributed by atoms with van der Waals surface area (Å²) in [6.45, 7) is 2.75. The van der Waals surface area contributed by atoms with Crippen LogP contribution in [0.3, 0.4) is 0 Å². The zero-order valence-corrected chi connectivity index (χ0v) is 17.1. The summed E-state index contributed by atoms with van der Waals surface area (Å²) in [4.78, 5) is 21.5. The van der Waals surface area contributed by atoms with Crippen LogP contribution in [0.25, 0.3) is 22.0 Å². The molecule has 2 aromatic carbocycles. The zero-order chi connectivity index (χ0) is 22.0. The van der Waals surface area contributed by atoms with Crippen LogP contribution >= 0.6 is 0 Å². The summed E-state index contributed by atoms with van der Waals surface area (Å²) >= 11 is 0. The van der Waals surface area contributed by atoms with E-state index in [1.54, 1.807) is 24.4 Å². The number of fused-ring (bicyclic) bond motifs is 1. The average molecular weight is 417 g/mol. The number of nitrogens with zero attached hydrogens (tertiary/aromatic N) is 2. The van der Waals surface area contributed by atoms with Crippen LogP contribution in [-0.4, -0.2) is 15.9 Å². The number of benzene rings is 2. The molecule has 31 heavy (non-hydrogen) atoms. The fourth-order valence-electron chi connectivity index (χ4n) is 3.45. The highest BCUT2D eigenvalue weighted by Gasteiger charge is 2.23. The Morgan fingerprint density at radius 2 is 1.77 bits per heavy atom. The van der Waals surface area contributed by atoms with Crippen LogP contribution in [0, 0.1) is 0 Å². The Bertz CT molecular complexity index is 1220. The molecular formula is C25H21F2N3O. The summed E-state index contributed by atoms with van der Waals surface area (Å²) in [5, 5.41) is 3.72. The molecule has 0 radical (unpaired) electrons. The van der Waals surface area contributed by atoms with E-state index < -0.39 is 5.92 Å². The van der Waals surface area contributed by atoms with E-state index in [9.17, 15) is 13.6 Å². The van der Waals surface area contributed by atoms with Crippen molar-refractivity contribution in [3.63, 3.8) is 0 Å². The molecule has 4 aromatic rings. The molecule has 1 atom stereocenters. The zero-order valence-electron chi connectivity index (χ0n) is 17.1. The number of amides is 1. The highest BCUT2D eigenvalue weighted by atomic mass is 19.3. The minimum atomic E-state index is -2.88. The quantitative estimate of drug-likeness (QED) is 0.440. The van der Waals surface area contributed by atoms with E-state index in [0.717, 1.165) is 29.1 Å². The molecule has 2 heterocycles. The second kappa shape index (κ2) is 8.22. The molecule has 0 spiro atoms. The monoisotopic (exact) mass is 417 g/mol. The maximum absolute atomic E-state index is 13.5. The summed E-state index contributed by atoms with van der Waals surface area (Å²) in [6.07, 6.45) is 3.21. The van der Waals surface area contributed by atoms with Crippen molar-refractivity contribution in [2.45, 2.75) is 25.8 Å². The Labute approximate surface area is 179 Å². The van der Waals surface area contributed by atoms with Crippen molar-refractivity contribution in [2.75, 3.05) is 0 Å². The molecule has 2 aromatic heterocycles. The molecule has 6 heteroatoms. The van der Waals surface area contributed by atoms with Crippen LogP contribution in [-0.2, 0) is 5.92 Å². The van der Waals surface area contributed by atoms with Crippen LogP contribution in [0.4, 0.5) is 8.78 Å². The summed E-state index contributed by atoms with van der Waals surface area (Å²) in [7, 11) is 0. The third-order valence-corrected chi connectivity index (χ3v) is 5.15. The van der Waals surface area contributed by atoms with E-state index in [-0.39, 0.29) is 17.5 Å². The number of nitrogens with one attached hydrogen (secondary N) is 1. The lowest BCUT2D eigenvalue weighted by Crippen LogP contribution is -2.27. The number of pyridine rings is 2. The first kappa shape index (κ1) is 20.6. The third-order valence-electron chi connectivity index (χ3n) is 5.15. The summed E-state index contributed by atoms with van der Waals surface area (Å²) in [5.41, 5.74) is 3.48. The van der Waals surface area contributed by atoms with Gasteiger partial charge in [0, 0.05) is 35.8 Å². The fourth-order valence-corrected chi connectivity index (χ4v) is 3.45. The van der Waals surface area contributed by atoms with Crippen molar-refractivity contribution in [3.05, 3.63) is 95.9 Å². The molecule has 0 saturated heterocycles. The van der Waals surface area contributed by atoms with Crippen LogP contribution in [0.15, 0.2) is 79.1 Å². The summed E-state index contributed by atoms with van der Waals surface area (Å²) < 4.78 is 27.0. The van der Waals surface area contributed by atoms with Crippen molar-refractivity contribution in [1.82, 2.24) is 15.3 Å². The molecular weight excluding hydrogens is 396 g/mol. The molecule has 0 fully saturated rings. The molecule has 1 unspecified atom stereocenters. The van der Waals surface area contributed by atoms with Crippen LogP contribution in [0.2, 0.25) is 0 Å². The standard InChI is InChI=1S/C25H21F2N3O/c1-16(22-8-3-4-13-28-22)30-24(31)19-14-18-6-5-7-21(23(18)29-15-19)17-9-11-20(12-10-17)25(2,26)27/h3-16H,1-2H3,(H,30,31). The Morgan fingerprint density at radius 1 is 1.00 bits per heavy atom. The van der Waals surface area contributed by atoms with Gasteiger partial charge in [0.15, 0.2) is 0 Å². The number of hydrogen-bond acceptors (Lipinski definition) is 3. The largest absolute Gasteiger partial charge is 0.344 e. The van der Waals surface area contributed by atoms with Gasteiger partial charge in [-0.2, -0.15) is 0 Å². The molecule has 0 bridgehead atoms. The normalized spacial score (nSPS) is 12.5. The van der Waals surface area contributed by atoms with Gasteiger partial charge in [-0.15, -0.1) is 0 Å². The van der Waals surface area contributed by atoms with Gasteiger partial charge in [0.1, 0.15) is 0 Å². The van der Waals surface area contributed by atoms with E-state index in [1.807, 2.05) is 43.3 Å². The van der Waals surface area contributed by atoms with E-state index in [1.165, 1.54) is 18.3 Å². The molecule has 0 aliphatic carbocycles. The number of hydrogen-bond donors (Lipinski definition) is 1. The van der Waals surface area contributed by atoms with Crippen molar-refractivity contribution >= 4 is 16.8 Å². The van der Waals surface area contributed by atoms with Gasteiger partial charge < -0.3 is 5.32 Å². The number of carbonyl (C=O) groups is 1. The molecule has 1 amide bonds. The molecule has 4 rings (SSSR count). The first-order valence-electron chi connectivity index (χ1n) is 9.92. The number of aromatic nitrogens is 2. The molecule has 1 N–H and O–H groups in total. The highest BCUT2D eigenvalue weighted by Crippen LogP contribution is 2.31. The Balaban J connectivity index is 1.61. The number of alkyl halides is 2. The fraction of sp³-hybridized carbons (Fsp3) is 0.160. The maximum atomic E-state index is 13.5. The number of halogens is 2. The highest BCUT2D eigenvalue weighted by molar-refractivity contribution is 6.00. The van der Waals surface area contributed by atoms with Gasteiger partial charge in [-0.3, -0.25) is 14.8 Å². The summed E-state index contributed by atoms with van der Waals surface area (Å²) in [6, 6.07) is 18.9. The van der Waals surface area contributed by atoms with Gasteiger partial charge in [-0.05, 0) is 30.7 Å². The van der Waals surface area contributed by atoms with E-state index in [4.69, 9.17) is 0 Å². The molecule has 4 nitrogen and oxygen atoms in total. The smallest absolute Gasteiger partial charge is 0.270 e. The molecule has 0 aliphatic heterocycles. The predicted molar refractivity (Wildman–Crippen MR) is 117 cm³/mol. The van der Waals surface area contributed by atoms with Crippen LogP contribution < -0.4 is 5.32 Å². The Morgan fingerprint density at radius 3 is 2.45 bits per heavy atom. The average Bonchev–Trinajstić information content (AvgIpc) is 2.78. The van der Waals surface area contributed by atoms with Gasteiger partial charge >= 0.3 is 0 Å². The first-order chi connectivity index (χ1) is 14.8. The van der Waals surface area contributed by atoms with Gasteiger partial charge in [0.25, 0.3) is 11.8 Å². The van der Waals surface area contributed by atoms with Crippen molar-refractivity contribution in [2.24, 2.45) is 0 Å². The second-order valence-electron chi connectivity index (χ2n) is 7.52.